The SMILES string of the molecule is CCOC(=O)[C@@H](O)[C@H]1C[C@H]2Cc3cc(OC)ccc3[C@@H]1O2. The topological polar surface area (TPSA) is 65.0 Å². The number of aliphatic hydroxyl groups is 1. The lowest BCUT2D eigenvalue weighted by molar-refractivity contribution is -0.157. The number of rotatable bonds is 4. The van der Waals surface area contributed by atoms with Crippen LogP contribution >= 0.6 is 0 Å². The second-order valence-electron chi connectivity index (χ2n) is 5.54. The van der Waals surface area contributed by atoms with Gasteiger partial charge in [-0.25, -0.2) is 4.79 Å². The molecule has 1 aromatic rings. The fourth-order valence-corrected chi connectivity index (χ4v) is 3.33. The van der Waals surface area contributed by atoms with Crippen molar-refractivity contribution in [2.24, 2.45) is 5.92 Å². The summed E-state index contributed by atoms with van der Waals surface area (Å²) in [6, 6.07) is 5.86. The number of hydrogen-bond acceptors (Lipinski definition) is 5. The highest BCUT2D eigenvalue weighted by molar-refractivity contribution is 5.75. The lowest BCUT2D eigenvalue weighted by Crippen LogP contribution is -2.33. The number of ether oxygens (including phenoxy) is 3. The fourth-order valence-electron chi connectivity index (χ4n) is 3.33. The van der Waals surface area contributed by atoms with Gasteiger partial charge in [0.15, 0.2) is 6.10 Å². The minimum absolute atomic E-state index is 0.0451. The molecule has 2 aliphatic heterocycles. The molecule has 1 saturated heterocycles. The summed E-state index contributed by atoms with van der Waals surface area (Å²) in [5, 5.41) is 10.2. The summed E-state index contributed by atoms with van der Waals surface area (Å²) in [6.07, 6.45) is 0.122. The number of esters is 1. The molecule has 5 nitrogen and oxygen atoms in total. The van der Waals surface area contributed by atoms with Gasteiger partial charge in [-0.15, -0.1) is 0 Å². The van der Waals surface area contributed by atoms with Crippen LogP contribution in [0.4, 0.5) is 0 Å². The fraction of sp³-hybridized carbons (Fsp3) is 0.562. The molecule has 2 aliphatic rings. The highest BCUT2D eigenvalue weighted by atomic mass is 16.5. The molecule has 1 aromatic carbocycles. The van der Waals surface area contributed by atoms with Crippen molar-refractivity contribution < 1.29 is 24.1 Å². The second kappa shape index (κ2) is 5.66. The lowest BCUT2D eigenvalue weighted by Gasteiger charge is -2.27. The first-order chi connectivity index (χ1) is 10.1. The molecule has 4 atom stereocenters. The van der Waals surface area contributed by atoms with Crippen LogP contribution in [0.1, 0.15) is 30.6 Å². The third-order valence-corrected chi connectivity index (χ3v) is 4.30. The van der Waals surface area contributed by atoms with E-state index in [1.807, 2.05) is 18.2 Å². The molecule has 0 aromatic heterocycles. The van der Waals surface area contributed by atoms with E-state index in [1.165, 1.54) is 5.56 Å². The molecule has 2 heterocycles. The molecule has 0 saturated carbocycles. The van der Waals surface area contributed by atoms with Gasteiger partial charge in [0, 0.05) is 5.92 Å². The summed E-state index contributed by atoms with van der Waals surface area (Å²) in [6.45, 7) is 2.00. The molecule has 0 aliphatic carbocycles. The highest BCUT2D eigenvalue weighted by Crippen LogP contribution is 2.47. The van der Waals surface area contributed by atoms with Crippen LogP contribution in [-0.2, 0) is 20.7 Å². The Bertz CT molecular complexity index is 541. The van der Waals surface area contributed by atoms with Crippen molar-refractivity contribution in [3.8, 4) is 5.75 Å². The van der Waals surface area contributed by atoms with Crippen molar-refractivity contribution in [2.45, 2.75) is 38.1 Å². The molecule has 3 rings (SSSR count). The zero-order chi connectivity index (χ0) is 15.0. The van der Waals surface area contributed by atoms with Gasteiger partial charge >= 0.3 is 5.97 Å². The van der Waals surface area contributed by atoms with Crippen LogP contribution in [-0.4, -0.2) is 37.0 Å². The number of methoxy groups -OCH3 is 1. The van der Waals surface area contributed by atoms with Crippen molar-refractivity contribution in [3.63, 3.8) is 0 Å². The maximum Gasteiger partial charge on any atom is 0.335 e. The summed E-state index contributed by atoms with van der Waals surface area (Å²) < 4.78 is 16.1. The summed E-state index contributed by atoms with van der Waals surface area (Å²) in [5.41, 5.74) is 2.21. The lowest BCUT2D eigenvalue weighted by atomic mass is 9.90. The van der Waals surface area contributed by atoms with E-state index in [4.69, 9.17) is 14.2 Å². The number of carbonyl (C=O) groups is 1. The Morgan fingerprint density at radius 1 is 1.52 bits per heavy atom. The van der Waals surface area contributed by atoms with Crippen molar-refractivity contribution in [3.05, 3.63) is 29.3 Å². The van der Waals surface area contributed by atoms with Crippen molar-refractivity contribution >= 4 is 5.97 Å². The highest BCUT2D eigenvalue weighted by Gasteiger charge is 2.46. The van der Waals surface area contributed by atoms with Crippen LogP contribution in [0.2, 0.25) is 0 Å². The van der Waals surface area contributed by atoms with Gasteiger partial charge in [0.25, 0.3) is 0 Å². The zero-order valence-corrected chi connectivity index (χ0v) is 12.2. The Morgan fingerprint density at radius 3 is 3.05 bits per heavy atom. The standard InChI is InChI=1S/C16H20O5/c1-3-20-16(18)14(17)13-8-11-7-9-6-10(19-2)4-5-12(9)15(13)21-11/h4-6,11,13-15,17H,3,7-8H2,1-2H3/t11-,13-,14+,15+/m1/s1. The summed E-state index contributed by atoms with van der Waals surface area (Å²) in [5.74, 6) is 0.00921. The van der Waals surface area contributed by atoms with Crippen molar-refractivity contribution in [2.75, 3.05) is 13.7 Å². The van der Waals surface area contributed by atoms with Crippen LogP contribution < -0.4 is 4.74 Å². The van der Waals surface area contributed by atoms with Gasteiger partial charge in [0.2, 0.25) is 0 Å². The smallest absolute Gasteiger partial charge is 0.335 e. The largest absolute Gasteiger partial charge is 0.497 e. The van der Waals surface area contributed by atoms with Gasteiger partial charge < -0.3 is 19.3 Å². The quantitative estimate of drug-likeness (QED) is 0.854. The predicted molar refractivity (Wildman–Crippen MR) is 75.1 cm³/mol. The van der Waals surface area contributed by atoms with Crippen LogP contribution in [0.5, 0.6) is 5.75 Å². The molecular formula is C16H20O5. The van der Waals surface area contributed by atoms with Gasteiger partial charge in [0.05, 0.1) is 25.9 Å². The Kier molecular flexibility index (Phi) is 3.87. The monoisotopic (exact) mass is 292 g/mol. The van der Waals surface area contributed by atoms with Crippen LogP contribution in [0.3, 0.4) is 0 Å². The molecule has 5 heteroatoms. The van der Waals surface area contributed by atoms with Crippen LogP contribution in [0, 0.1) is 5.92 Å². The maximum absolute atomic E-state index is 11.8. The van der Waals surface area contributed by atoms with Gasteiger partial charge in [-0.1, -0.05) is 6.07 Å². The summed E-state index contributed by atoms with van der Waals surface area (Å²) in [4.78, 5) is 11.8. The Hall–Kier alpha value is -1.59. The van der Waals surface area contributed by atoms with E-state index in [-0.39, 0.29) is 24.7 Å². The Balaban J connectivity index is 1.86. The molecule has 1 fully saturated rings. The molecule has 1 N–H and O–H groups in total. The van der Waals surface area contributed by atoms with E-state index >= 15 is 0 Å². The van der Waals surface area contributed by atoms with Gasteiger partial charge in [-0.2, -0.15) is 0 Å². The van der Waals surface area contributed by atoms with E-state index in [9.17, 15) is 9.90 Å². The van der Waals surface area contributed by atoms with Gasteiger partial charge in [0.1, 0.15) is 5.75 Å². The van der Waals surface area contributed by atoms with Gasteiger partial charge in [-0.05, 0) is 43.0 Å². The number of aliphatic hydroxyl groups excluding tert-OH is 1. The normalized spacial score (nSPS) is 27.9. The van der Waals surface area contributed by atoms with E-state index in [2.05, 4.69) is 0 Å². The minimum atomic E-state index is -1.13. The average molecular weight is 292 g/mol. The number of fused-ring (bicyclic) bond motifs is 4. The minimum Gasteiger partial charge on any atom is -0.497 e. The molecule has 0 unspecified atom stereocenters. The average Bonchev–Trinajstić information content (AvgIpc) is 2.84. The van der Waals surface area contributed by atoms with Gasteiger partial charge in [-0.3, -0.25) is 0 Å². The Morgan fingerprint density at radius 2 is 2.33 bits per heavy atom. The predicted octanol–water partition coefficient (Wildman–Crippen LogP) is 1.62. The van der Waals surface area contributed by atoms with E-state index in [0.717, 1.165) is 17.7 Å². The van der Waals surface area contributed by atoms with E-state index in [1.54, 1.807) is 14.0 Å². The Labute approximate surface area is 123 Å². The first-order valence-electron chi connectivity index (χ1n) is 7.31. The third-order valence-electron chi connectivity index (χ3n) is 4.30. The number of carbonyl (C=O) groups excluding carboxylic acids is 1. The molecule has 0 spiro atoms. The first kappa shape index (κ1) is 14.4. The van der Waals surface area contributed by atoms with Crippen LogP contribution in [0.25, 0.3) is 0 Å². The molecule has 21 heavy (non-hydrogen) atoms. The van der Waals surface area contributed by atoms with Crippen molar-refractivity contribution in [1.82, 2.24) is 0 Å². The van der Waals surface area contributed by atoms with E-state index < -0.39 is 12.1 Å². The first-order valence-corrected chi connectivity index (χ1v) is 7.31. The summed E-state index contributed by atoms with van der Waals surface area (Å²) >= 11 is 0. The zero-order valence-electron chi connectivity index (χ0n) is 12.2. The third kappa shape index (κ3) is 2.51. The molecule has 0 radical (unpaired) electrons. The number of hydrogen-bond donors (Lipinski definition) is 1. The van der Waals surface area contributed by atoms with Crippen LogP contribution in [0.15, 0.2) is 18.2 Å². The molecular weight excluding hydrogens is 272 g/mol. The second-order valence-corrected chi connectivity index (χ2v) is 5.54. The molecule has 0 amide bonds. The molecule has 2 bridgehead atoms. The van der Waals surface area contributed by atoms with Crippen molar-refractivity contribution in [1.29, 1.82) is 0 Å². The van der Waals surface area contributed by atoms with E-state index in [0.29, 0.717) is 6.42 Å². The number of benzene rings is 1. The maximum atomic E-state index is 11.8. The molecule has 114 valence electrons. The summed E-state index contributed by atoms with van der Waals surface area (Å²) in [7, 11) is 1.64.